The largest absolute Gasteiger partial charge is 0.322 e. The highest BCUT2D eigenvalue weighted by molar-refractivity contribution is 7.09. The number of aromatic nitrogens is 1. The number of pyridine rings is 1. The maximum absolute atomic E-state index is 9.47. The highest BCUT2D eigenvalue weighted by Crippen LogP contribution is 2.21. The maximum Gasteiger partial charge on any atom is 0.102 e. The Hall–Kier alpha value is -2.09. The minimum atomic E-state index is 0.792. The lowest BCUT2D eigenvalue weighted by molar-refractivity contribution is 0.274. The third kappa shape index (κ3) is 2.85. The Balaban J connectivity index is 1.88. The number of nitrogens with zero attached hydrogens (tertiary/aromatic N) is 3. The van der Waals surface area contributed by atoms with Gasteiger partial charge in [0.1, 0.15) is 6.07 Å². The zero-order chi connectivity index (χ0) is 14.7. The Labute approximate surface area is 128 Å². The maximum atomic E-state index is 9.47. The molecule has 106 valence electrons. The normalized spacial score (nSPS) is 11.1. The summed E-state index contributed by atoms with van der Waals surface area (Å²) >= 11 is 1.78. The Morgan fingerprint density at radius 1 is 1.24 bits per heavy atom. The fourth-order valence-corrected chi connectivity index (χ4v) is 3.32. The van der Waals surface area contributed by atoms with Gasteiger partial charge in [-0.1, -0.05) is 19.1 Å². The van der Waals surface area contributed by atoms with Gasteiger partial charge in [0.2, 0.25) is 0 Å². The summed E-state index contributed by atoms with van der Waals surface area (Å²) < 4.78 is 2.03. The van der Waals surface area contributed by atoms with Crippen molar-refractivity contribution in [3.05, 3.63) is 64.1 Å². The van der Waals surface area contributed by atoms with Gasteiger partial charge in [-0.3, -0.25) is 4.90 Å². The van der Waals surface area contributed by atoms with Gasteiger partial charge >= 0.3 is 0 Å². The highest BCUT2D eigenvalue weighted by atomic mass is 32.1. The van der Waals surface area contributed by atoms with E-state index < -0.39 is 0 Å². The van der Waals surface area contributed by atoms with Crippen LogP contribution >= 0.6 is 11.3 Å². The number of hydrogen-bond donors (Lipinski definition) is 0. The van der Waals surface area contributed by atoms with E-state index in [0.717, 1.165) is 36.3 Å². The van der Waals surface area contributed by atoms with Crippen LogP contribution in [0.1, 0.15) is 22.9 Å². The summed E-state index contributed by atoms with van der Waals surface area (Å²) in [6.45, 7) is 4.87. The van der Waals surface area contributed by atoms with Gasteiger partial charge in [0, 0.05) is 35.9 Å². The third-order valence-corrected chi connectivity index (χ3v) is 4.54. The van der Waals surface area contributed by atoms with E-state index in [2.05, 4.69) is 41.6 Å². The van der Waals surface area contributed by atoms with Crippen molar-refractivity contribution in [2.24, 2.45) is 0 Å². The second kappa shape index (κ2) is 6.13. The molecule has 0 atom stereocenters. The van der Waals surface area contributed by atoms with Crippen LogP contribution in [0.2, 0.25) is 0 Å². The molecule has 0 radical (unpaired) electrons. The summed E-state index contributed by atoms with van der Waals surface area (Å²) in [6.07, 6.45) is 4.07. The van der Waals surface area contributed by atoms with Crippen molar-refractivity contribution in [2.45, 2.75) is 20.0 Å². The molecular formula is C17H17N3S. The zero-order valence-corrected chi connectivity index (χ0v) is 12.8. The van der Waals surface area contributed by atoms with Crippen molar-refractivity contribution in [1.82, 2.24) is 9.30 Å². The summed E-state index contributed by atoms with van der Waals surface area (Å²) in [4.78, 5) is 3.72. The van der Waals surface area contributed by atoms with E-state index in [0.29, 0.717) is 0 Å². The van der Waals surface area contributed by atoms with E-state index in [1.54, 1.807) is 11.3 Å². The van der Waals surface area contributed by atoms with Gasteiger partial charge in [-0.15, -0.1) is 11.3 Å². The lowest BCUT2D eigenvalue weighted by Crippen LogP contribution is -2.21. The highest BCUT2D eigenvalue weighted by Gasteiger charge is 2.13. The van der Waals surface area contributed by atoms with Crippen molar-refractivity contribution in [3.63, 3.8) is 0 Å². The van der Waals surface area contributed by atoms with E-state index in [1.807, 2.05) is 28.8 Å². The molecule has 3 nitrogen and oxygen atoms in total. The average molecular weight is 295 g/mol. The molecule has 0 aliphatic heterocycles. The molecule has 0 fully saturated rings. The Morgan fingerprint density at radius 2 is 2.14 bits per heavy atom. The predicted molar refractivity (Wildman–Crippen MR) is 86.2 cm³/mol. The Morgan fingerprint density at radius 3 is 2.86 bits per heavy atom. The predicted octanol–water partition coefficient (Wildman–Crippen LogP) is 3.89. The van der Waals surface area contributed by atoms with Crippen LogP contribution in [0.25, 0.3) is 5.52 Å². The van der Waals surface area contributed by atoms with Crippen molar-refractivity contribution >= 4 is 16.9 Å². The van der Waals surface area contributed by atoms with E-state index in [9.17, 15) is 5.26 Å². The van der Waals surface area contributed by atoms with E-state index in [4.69, 9.17) is 0 Å². The topological polar surface area (TPSA) is 31.4 Å². The molecule has 0 aliphatic rings. The third-order valence-electron chi connectivity index (χ3n) is 3.67. The van der Waals surface area contributed by atoms with Crippen LogP contribution in [0.3, 0.4) is 0 Å². The van der Waals surface area contributed by atoms with E-state index >= 15 is 0 Å². The lowest BCUT2D eigenvalue weighted by Gasteiger charge is -2.19. The molecule has 0 bridgehead atoms. The molecule has 3 rings (SSSR count). The van der Waals surface area contributed by atoms with E-state index in [-0.39, 0.29) is 0 Å². The summed E-state index contributed by atoms with van der Waals surface area (Å²) in [5, 5.41) is 11.6. The van der Waals surface area contributed by atoms with Crippen molar-refractivity contribution in [1.29, 1.82) is 5.26 Å². The summed E-state index contributed by atoms with van der Waals surface area (Å²) in [6, 6.07) is 12.6. The lowest BCUT2D eigenvalue weighted by atomic mass is 10.1. The second-order valence-corrected chi connectivity index (χ2v) is 6.05. The van der Waals surface area contributed by atoms with Crippen molar-refractivity contribution in [2.75, 3.05) is 6.54 Å². The monoisotopic (exact) mass is 295 g/mol. The molecule has 3 heterocycles. The fourth-order valence-electron chi connectivity index (χ4n) is 2.57. The standard InChI is InChI=1S/C17H17N3S/c1-2-19(13-15-6-5-9-21-15)11-14-12-20-8-4-3-7-17(20)16(14)10-18/h3-9,12H,2,11,13H2,1H3. The zero-order valence-electron chi connectivity index (χ0n) is 12.0. The number of hydrogen-bond acceptors (Lipinski definition) is 3. The van der Waals surface area contributed by atoms with Crippen LogP contribution in [0.15, 0.2) is 48.1 Å². The molecule has 0 N–H and O–H groups in total. The molecule has 0 saturated carbocycles. The molecule has 3 aromatic heterocycles. The number of thiophene rings is 1. The van der Waals surface area contributed by atoms with Crippen LogP contribution in [0, 0.1) is 11.3 Å². The first-order chi connectivity index (χ1) is 10.3. The van der Waals surface area contributed by atoms with Gasteiger partial charge in [0.05, 0.1) is 11.1 Å². The molecule has 0 saturated heterocycles. The smallest absolute Gasteiger partial charge is 0.102 e. The van der Waals surface area contributed by atoms with Gasteiger partial charge in [-0.25, -0.2) is 0 Å². The molecule has 0 unspecified atom stereocenters. The molecule has 0 aliphatic carbocycles. The van der Waals surface area contributed by atoms with Gasteiger partial charge < -0.3 is 4.40 Å². The molecule has 0 aromatic carbocycles. The summed E-state index contributed by atoms with van der Waals surface area (Å²) in [5.41, 5.74) is 2.88. The van der Waals surface area contributed by atoms with Crippen LogP contribution in [0.4, 0.5) is 0 Å². The molecule has 3 aromatic rings. The SMILES string of the molecule is CCN(Cc1cccs1)Cc1cn2ccccc2c1C#N. The number of rotatable bonds is 5. The first kappa shape index (κ1) is 13.9. The number of nitriles is 1. The van der Waals surface area contributed by atoms with E-state index in [1.165, 1.54) is 4.88 Å². The van der Waals surface area contributed by atoms with Crippen LogP contribution in [-0.4, -0.2) is 15.8 Å². The van der Waals surface area contributed by atoms with Gasteiger partial charge in [-0.2, -0.15) is 5.26 Å². The Kier molecular flexibility index (Phi) is 4.05. The number of fused-ring (bicyclic) bond motifs is 1. The fraction of sp³-hybridized carbons (Fsp3) is 0.235. The van der Waals surface area contributed by atoms with Crippen LogP contribution in [-0.2, 0) is 13.1 Å². The van der Waals surface area contributed by atoms with Gasteiger partial charge in [0.15, 0.2) is 0 Å². The molecule has 4 heteroatoms. The van der Waals surface area contributed by atoms with Gasteiger partial charge in [0.25, 0.3) is 0 Å². The van der Waals surface area contributed by atoms with Crippen LogP contribution in [0.5, 0.6) is 0 Å². The summed E-state index contributed by atoms with van der Waals surface area (Å²) in [7, 11) is 0. The van der Waals surface area contributed by atoms with Crippen molar-refractivity contribution in [3.8, 4) is 6.07 Å². The molecular weight excluding hydrogens is 278 g/mol. The first-order valence-electron chi connectivity index (χ1n) is 7.05. The second-order valence-electron chi connectivity index (χ2n) is 5.02. The molecule has 0 spiro atoms. The minimum Gasteiger partial charge on any atom is -0.322 e. The molecule has 0 amide bonds. The minimum absolute atomic E-state index is 0.792. The summed E-state index contributed by atoms with van der Waals surface area (Å²) in [5.74, 6) is 0. The van der Waals surface area contributed by atoms with Gasteiger partial charge in [-0.05, 0) is 30.1 Å². The first-order valence-corrected chi connectivity index (χ1v) is 7.93. The molecule has 21 heavy (non-hydrogen) atoms. The Bertz CT molecular complexity index is 765. The average Bonchev–Trinajstić information content (AvgIpc) is 3.13. The quantitative estimate of drug-likeness (QED) is 0.715. The van der Waals surface area contributed by atoms with Crippen molar-refractivity contribution < 1.29 is 0 Å². The van der Waals surface area contributed by atoms with Crippen LogP contribution < -0.4 is 0 Å².